The Morgan fingerprint density at radius 2 is 1.93 bits per heavy atom. The van der Waals surface area contributed by atoms with Gasteiger partial charge in [-0.15, -0.1) is 11.8 Å². The Balaban J connectivity index is 1.71. The maximum atomic E-state index is 13.1. The second kappa shape index (κ2) is 9.13. The van der Waals surface area contributed by atoms with E-state index in [2.05, 4.69) is 49.9 Å². The largest absolute Gasteiger partial charge is 0.325 e. The van der Waals surface area contributed by atoms with E-state index in [1.54, 1.807) is 11.8 Å². The van der Waals surface area contributed by atoms with Crippen LogP contribution >= 0.6 is 23.4 Å². The number of hydrogen-bond acceptors (Lipinski definition) is 3. The van der Waals surface area contributed by atoms with E-state index in [4.69, 9.17) is 11.6 Å². The van der Waals surface area contributed by atoms with E-state index >= 15 is 0 Å². The number of rotatable bonds is 6. The van der Waals surface area contributed by atoms with Gasteiger partial charge in [-0.3, -0.25) is 9.69 Å². The first-order chi connectivity index (χ1) is 13.0. The molecular formula is C22H27ClN2OS. The van der Waals surface area contributed by atoms with Gasteiger partial charge in [0.2, 0.25) is 5.91 Å². The van der Waals surface area contributed by atoms with Crippen LogP contribution in [0.2, 0.25) is 5.02 Å². The second-order valence-electron chi connectivity index (χ2n) is 7.32. The fraction of sp³-hybridized carbons (Fsp3) is 0.409. The van der Waals surface area contributed by atoms with Crippen LogP contribution < -0.4 is 0 Å². The van der Waals surface area contributed by atoms with Crippen LogP contribution in [0.3, 0.4) is 0 Å². The van der Waals surface area contributed by atoms with E-state index < -0.39 is 0 Å². The molecule has 1 aliphatic heterocycles. The Kier molecular flexibility index (Phi) is 6.85. The number of carbonyl (C=O) groups is 1. The smallest absolute Gasteiger partial charge is 0.237 e. The molecule has 1 heterocycles. The molecule has 2 aromatic carbocycles. The molecule has 1 saturated heterocycles. The molecule has 144 valence electrons. The van der Waals surface area contributed by atoms with Crippen molar-refractivity contribution in [2.24, 2.45) is 0 Å². The number of amides is 1. The molecule has 3 nitrogen and oxygen atoms in total. The lowest BCUT2D eigenvalue weighted by Gasteiger charge is -2.30. The summed E-state index contributed by atoms with van der Waals surface area (Å²) >= 11 is 8.18. The lowest BCUT2D eigenvalue weighted by Crippen LogP contribution is -2.42. The number of halogens is 1. The maximum Gasteiger partial charge on any atom is 0.237 e. The number of hydrogen-bond donors (Lipinski definition) is 0. The van der Waals surface area contributed by atoms with E-state index in [1.165, 1.54) is 11.1 Å². The molecule has 0 saturated carbocycles. The van der Waals surface area contributed by atoms with Gasteiger partial charge in [-0.2, -0.15) is 0 Å². The van der Waals surface area contributed by atoms with Gasteiger partial charge in [0.1, 0.15) is 5.37 Å². The van der Waals surface area contributed by atoms with E-state index in [-0.39, 0.29) is 11.3 Å². The molecule has 0 radical (unpaired) electrons. The molecule has 0 aliphatic carbocycles. The highest BCUT2D eigenvalue weighted by molar-refractivity contribution is 7.99. The molecule has 1 fully saturated rings. The van der Waals surface area contributed by atoms with Gasteiger partial charge < -0.3 is 4.90 Å². The first kappa shape index (κ1) is 20.2. The summed E-state index contributed by atoms with van der Waals surface area (Å²) in [4.78, 5) is 17.3. The topological polar surface area (TPSA) is 23.6 Å². The summed E-state index contributed by atoms with van der Waals surface area (Å²) in [5.41, 5.74) is 3.52. The molecular weight excluding hydrogens is 376 g/mol. The summed E-state index contributed by atoms with van der Waals surface area (Å²) in [5, 5.41) is 0.745. The van der Waals surface area contributed by atoms with Crippen molar-refractivity contribution in [3.05, 3.63) is 70.2 Å². The molecule has 0 aromatic heterocycles. The van der Waals surface area contributed by atoms with Crippen LogP contribution in [-0.2, 0) is 11.3 Å². The monoisotopic (exact) mass is 402 g/mol. The number of aryl methyl sites for hydroxylation is 1. The maximum absolute atomic E-state index is 13.1. The minimum absolute atomic E-state index is 0.0135. The molecule has 0 bridgehead atoms. The lowest BCUT2D eigenvalue weighted by atomic mass is 10.1. The van der Waals surface area contributed by atoms with Gasteiger partial charge in [0.05, 0.1) is 6.54 Å². The van der Waals surface area contributed by atoms with E-state index in [1.807, 2.05) is 29.2 Å². The lowest BCUT2D eigenvalue weighted by molar-refractivity contribution is -0.133. The fourth-order valence-electron chi connectivity index (χ4n) is 3.27. The molecule has 1 amide bonds. The summed E-state index contributed by atoms with van der Waals surface area (Å²) in [7, 11) is 0. The molecule has 0 N–H and O–H groups in total. The van der Waals surface area contributed by atoms with Crippen LogP contribution in [0.4, 0.5) is 0 Å². The van der Waals surface area contributed by atoms with E-state index in [9.17, 15) is 4.79 Å². The van der Waals surface area contributed by atoms with Crippen molar-refractivity contribution in [3.8, 4) is 0 Å². The molecule has 1 unspecified atom stereocenters. The minimum atomic E-state index is 0.0135. The van der Waals surface area contributed by atoms with Crippen LogP contribution in [0.5, 0.6) is 0 Å². The van der Waals surface area contributed by atoms with Crippen LogP contribution in [-0.4, -0.2) is 40.6 Å². The Morgan fingerprint density at radius 1 is 1.22 bits per heavy atom. The van der Waals surface area contributed by atoms with Crippen molar-refractivity contribution < 1.29 is 4.79 Å². The number of benzene rings is 2. The van der Waals surface area contributed by atoms with Crippen molar-refractivity contribution in [3.63, 3.8) is 0 Å². The average molecular weight is 403 g/mol. The third-order valence-corrected chi connectivity index (χ3v) is 6.54. The highest BCUT2D eigenvalue weighted by atomic mass is 35.5. The molecule has 3 rings (SSSR count). The summed E-state index contributed by atoms with van der Waals surface area (Å²) in [6.07, 6.45) is 0. The molecule has 1 atom stereocenters. The Labute approximate surface area is 171 Å². The predicted molar refractivity (Wildman–Crippen MR) is 115 cm³/mol. The number of carbonyl (C=O) groups excluding carboxylic acids is 1. The molecule has 5 heteroatoms. The van der Waals surface area contributed by atoms with Gasteiger partial charge in [-0.25, -0.2) is 0 Å². The second-order valence-corrected chi connectivity index (χ2v) is 8.91. The first-order valence-corrected chi connectivity index (χ1v) is 10.8. The standard InChI is InChI=1S/C22H27ClN2OS/c1-16(2)24(14-18-10-8-17(3)9-11-18)15-21(26)25-12-13-27-22(25)19-6-4-5-7-20(19)23/h4-11,16,22H,12-15H2,1-3H3. The van der Waals surface area contributed by atoms with E-state index in [0.29, 0.717) is 12.6 Å². The third-order valence-electron chi connectivity index (χ3n) is 4.96. The Bertz CT molecular complexity index is 778. The van der Waals surface area contributed by atoms with Crippen LogP contribution in [0.15, 0.2) is 48.5 Å². The van der Waals surface area contributed by atoms with Crippen molar-refractivity contribution in [1.82, 2.24) is 9.80 Å². The highest BCUT2D eigenvalue weighted by Crippen LogP contribution is 2.40. The zero-order chi connectivity index (χ0) is 19.4. The molecule has 2 aromatic rings. The Morgan fingerprint density at radius 3 is 2.59 bits per heavy atom. The van der Waals surface area contributed by atoms with Crippen molar-refractivity contribution in [2.45, 2.75) is 38.7 Å². The fourth-order valence-corrected chi connectivity index (χ4v) is 4.89. The van der Waals surface area contributed by atoms with Crippen LogP contribution in [0, 0.1) is 6.92 Å². The van der Waals surface area contributed by atoms with Crippen LogP contribution in [0.1, 0.15) is 35.9 Å². The predicted octanol–water partition coefficient (Wildman–Crippen LogP) is 5.13. The summed E-state index contributed by atoms with van der Waals surface area (Å²) in [6.45, 7) is 8.36. The van der Waals surface area contributed by atoms with Crippen molar-refractivity contribution in [2.75, 3.05) is 18.8 Å². The zero-order valence-corrected chi connectivity index (χ0v) is 17.8. The number of thioether (sulfide) groups is 1. The SMILES string of the molecule is Cc1ccc(CN(CC(=O)N2CCSC2c2ccccc2Cl)C(C)C)cc1. The number of nitrogens with zero attached hydrogens (tertiary/aromatic N) is 2. The quantitative estimate of drug-likeness (QED) is 0.668. The summed E-state index contributed by atoms with van der Waals surface area (Å²) in [6, 6.07) is 16.7. The highest BCUT2D eigenvalue weighted by Gasteiger charge is 2.32. The van der Waals surface area contributed by atoms with Crippen molar-refractivity contribution >= 4 is 29.3 Å². The zero-order valence-electron chi connectivity index (χ0n) is 16.2. The first-order valence-electron chi connectivity index (χ1n) is 9.41. The van der Waals surface area contributed by atoms with Gasteiger partial charge in [-0.1, -0.05) is 59.6 Å². The van der Waals surface area contributed by atoms with Gasteiger partial charge in [0.25, 0.3) is 0 Å². The Hall–Kier alpha value is -1.49. The summed E-state index contributed by atoms with van der Waals surface area (Å²) in [5.74, 6) is 1.12. The summed E-state index contributed by atoms with van der Waals surface area (Å²) < 4.78 is 0. The molecule has 0 spiro atoms. The van der Waals surface area contributed by atoms with Crippen LogP contribution in [0.25, 0.3) is 0 Å². The van der Waals surface area contributed by atoms with Crippen molar-refractivity contribution in [1.29, 1.82) is 0 Å². The molecule has 27 heavy (non-hydrogen) atoms. The molecule has 1 aliphatic rings. The third kappa shape index (κ3) is 5.07. The van der Waals surface area contributed by atoms with Gasteiger partial charge in [-0.05, 0) is 32.4 Å². The minimum Gasteiger partial charge on any atom is -0.325 e. The van der Waals surface area contributed by atoms with E-state index in [0.717, 1.165) is 29.4 Å². The normalized spacial score (nSPS) is 17.1. The van der Waals surface area contributed by atoms with Gasteiger partial charge in [0.15, 0.2) is 0 Å². The average Bonchev–Trinajstić information content (AvgIpc) is 3.13. The van der Waals surface area contributed by atoms with Gasteiger partial charge >= 0.3 is 0 Å². The van der Waals surface area contributed by atoms with Gasteiger partial charge in [0, 0.05) is 35.5 Å².